The van der Waals surface area contributed by atoms with Crippen molar-refractivity contribution in [3.05, 3.63) is 35.4 Å². The van der Waals surface area contributed by atoms with E-state index in [-0.39, 0.29) is 5.91 Å². The summed E-state index contributed by atoms with van der Waals surface area (Å²) in [5.74, 6) is -0.00786. The van der Waals surface area contributed by atoms with Crippen LogP contribution in [0.5, 0.6) is 0 Å². The second-order valence-electron chi connectivity index (χ2n) is 5.52. The molecule has 0 aliphatic heterocycles. The minimum atomic E-state index is -0.898. The molecule has 0 fully saturated rings. The van der Waals surface area contributed by atoms with Crippen LogP contribution in [0.2, 0.25) is 0 Å². The van der Waals surface area contributed by atoms with Gasteiger partial charge in [0.1, 0.15) is 5.60 Å². The highest BCUT2D eigenvalue weighted by atomic mass is 16.3. The monoisotopic (exact) mass is 262 g/mol. The average molecular weight is 262 g/mol. The summed E-state index contributed by atoms with van der Waals surface area (Å²) in [6.45, 7) is 1.02. The number of carbonyl (C=O) groups is 1. The average Bonchev–Trinajstić information content (AvgIpc) is 2.73. The fourth-order valence-corrected chi connectivity index (χ4v) is 2.51. The number of nitrogens with one attached hydrogen (secondary N) is 1. The van der Waals surface area contributed by atoms with Crippen molar-refractivity contribution in [3.8, 4) is 0 Å². The van der Waals surface area contributed by atoms with Gasteiger partial charge in [-0.25, -0.2) is 0 Å². The number of nitrogens with zero attached hydrogens (tertiary/aromatic N) is 1. The van der Waals surface area contributed by atoms with Gasteiger partial charge in [-0.3, -0.25) is 4.79 Å². The largest absolute Gasteiger partial charge is 0.383 e. The molecule has 2 N–H and O–H groups in total. The standard InChI is InChI=1S/C15H22N2O2/c1-17(2)10-8-14(18)16-11-15(19)9-7-12-5-3-4-6-13(12)15/h3-6,19H,7-11H2,1-2H3,(H,16,18). The molecule has 1 aliphatic carbocycles. The van der Waals surface area contributed by atoms with E-state index in [0.717, 1.165) is 18.5 Å². The Morgan fingerprint density at radius 2 is 2.16 bits per heavy atom. The molecule has 0 saturated heterocycles. The van der Waals surface area contributed by atoms with E-state index in [1.54, 1.807) is 0 Å². The van der Waals surface area contributed by atoms with E-state index in [9.17, 15) is 9.90 Å². The Labute approximate surface area is 114 Å². The number of hydrogen-bond acceptors (Lipinski definition) is 3. The Kier molecular flexibility index (Phi) is 4.22. The minimum Gasteiger partial charge on any atom is -0.383 e. The third kappa shape index (κ3) is 3.33. The first kappa shape index (κ1) is 14.0. The van der Waals surface area contributed by atoms with Crippen LogP contribution in [0.25, 0.3) is 0 Å². The quantitative estimate of drug-likeness (QED) is 0.828. The van der Waals surface area contributed by atoms with Crippen LogP contribution in [-0.2, 0) is 16.8 Å². The number of benzene rings is 1. The molecule has 4 nitrogen and oxygen atoms in total. The first-order valence-corrected chi connectivity index (χ1v) is 6.73. The Morgan fingerprint density at radius 3 is 2.89 bits per heavy atom. The zero-order valence-electron chi connectivity index (χ0n) is 11.6. The van der Waals surface area contributed by atoms with Gasteiger partial charge in [-0.15, -0.1) is 0 Å². The van der Waals surface area contributed by atoms with Crippen molar-refractivity contribution >= 4 is 5.91 Å². The van der Waals surface area contributed by atoms with Gasteiger partial charge in [0.25, 0.3) is 0 Å². The summed E-state index contributed by atoms with van der Waals surface area (Å²) < 4.78 is 0. The fraction of sp³-hybridized carbons (Fsp3) is 0.533. The van der Waals surface area contributed by atoms with Gasteiger partial charge >= 0.3 is 0 Å². The molecule has 4 heteroatoms. The van der Waals surface area contributed by atoms with Crippen LogP contribution in [0.15, 0.2) is 24.3 Å². The van der Waals surface area contributed by atoms with Gasteiger partial charge in [0.2, 0.25) is 5.91 Å². The normalized spacial score (nSPS) is 21.5. The molecule has 0 saturated carbocycles. The smallest absolute Gasteiger partial charge is 0.221 e. The summed E-state index contributed by atoms with van der Waals surface area (Å²) in [6.07, 6.45) is 2.02. The lowest BCUT2D eigenvalue weighted by atomic mass is 9.96. The van der Waals surface area contributed by atoms with Crippen molar-refractivity contribution in [1.82, 2.24) is 10.2 Å². The fourth-order valence-electron chi connectivity index (χ4n) is 2.51. The Bertz CT molecular complexity index is 459. The van der Waals surface area contributed by atoms with Gasteiger partial charge in [0.15, 0.2) is 0 Å². The van der Waals surface area contributed by atoms with Crippen molar-refractivity contribution in [1.29, 1.82) is 0 Å². The maximum Gasteiger partial charge on any atom is 0.221 e. The van der Waals surface area contributed by atoms with Crippen molar-refractivity contribution in [3.63, 3.8) is 0 Å². The van der Waals surface area contributed by atoms with Crippen LogP contribution in [0, 0.1) is 0 Å². The van der Waals surface area contributed by atoms with Crippen LogP contribution in [0.3, 0.4) is 0 Å². The number of amides is 1. The van der Waals surface area contributed by atoms with E-state index in [1.165, 1.54) is 5.56 Å². The lowest BCUT2D eigenvalue weighted by molar-refractivity contribution is -0.122. The van der Waals surface area contributed by atoms with Crippen LogP contribution >= 0.6 is 0 Å². The topological polar surface area (TPSA) is 52.6 Å². The summed E-state index contributed by atoms with van der Waals surface area (Å²) in [4.78, 5) is 13.7. The maximum absolute atomic E-state index is 11.7. The summed E-state index contributed by atoms with van der Waals surface area (Å²) in [6, 6.07) is 7.92. The molecule has 19 heavy (non-hydrogen) atoms. The zero-order chi connectivity index (χ0) is 13.9. The molecule has 0 aromatic heterocycles. The minimum absolute atomic E-state index is 0.00786. The molecular formula is C15H22N2O2. The molecule has 1 unspecified atom stereocenters. The predicted octanol–water partition coefficient (Wildman–Crippen LogP) is 0.888. The maximum atomic E-state index is 11.7. The molecule has 1 aromatic carbocycles. The third-order valence-electron chi connectivity index (χ3n) is 3.69. The first-order chi connectivity index (χ1) is 9.01. The van der Waals surface area contributed by atoms with Crippen LogP contribution in [-0.4, -0.2) is 43.1 Å². The molecule has 2 rings (SSSR count). The molecule has 1 aliphatic rings. The van der Waals surface area contributed by atoms with Crippen molar-refractivity contribution in [2.75, 3.05) is 27.2 Å². The van der Waals surface area contributed by atoms with Crippen LogP contribution in [0.1, 0.15) is 24.0 Å². The van der Waals surface area contributed by atoms with Gasteiger partial charge in [-0.2, -0.15) is 0 Å². The summed E-state index contributed by atoms with van der Waals surface area (Å²) >= 11 is 0. The molecule has 0 heterocycles. The number of aliphatic hydroxyl groups is 1. The van der Waals surface area contributed by atoms with E-state index in [1.807, 2.05) is 43.3 Å². The van der Waals surface area contributed by atoms with Gasteiger partial charge in [-0.1, -0.05) is 24.3 Å². The van der Waals surface area contributed by atoms with Crippen LogP contribution < -0.4 is 5.32 Å². The van der Waals surface area contributed by atoms with E-state index in [0.29, 0.717) is 19.4 Å². The molecule has 0 bridgehead atoms. The van der Waals surface area contributed by atoms with Gasteiger partial charge in [-0.05, 0) is 38.1 Å². The first-order valence-electron chi connectivity index (χ1n) is 6.73. The van der Waals surface area contributed by atoms with Gasteiger partial charge in [0.05, 0.1) is 6.54 Å². The number of fused-ring (bicyclic) bond motifs is 1. The highest BCUT2D eigenvalue weighted by Crippen LogP contribution is 2.36. The molecular weight excluding hydrogens is 240 g/mol. The molecule has 104 valence electrons. The third-order valence-corrected chi connectivity index (χ3v) is 3.69. The van der Waals surface area contributed by atoms with E-state index < -0.39 is 5.60 Å². The lowest BCUT2D eigenvalue weighted by Crippen LogP contribution is -2.40. The van der Waals surface area contributed by atoms with Crippen LogP contribution in [0.4, 0.5) is 0 Å². The molecule has 1 amide bonds. The SMILES string of the molecule is CN(C)CCC(=O)NCC1(O)CCc2ccccc21. The zero-order valence-corrected chi connectivity index (χ0v) is 11.6. The number of hydrogen-bond donors (Lipinski definition) is 2. The molecule has 0 spiro atoms. The summed E-state index contributed by atoms with van der Waals surface area (Å²) in [5.41, 5.74) is 1.25. The second-order valence-corrected chi connectivity index (χ2v) is 5.52. The van der Waals surface area contributed by atoms with Gasteiger partial charge in [0, 0.05) is 13.0 Å². The second kappa shape index (κ2) is 5.72. The summed E-state index contributed by atoms with van der Waals surface area (Å²) in [5, 5.41) is 13.5. The highest BCUT2D eigenvalue weighted by Gasteiger charge is 2.36. The Balaban J connectivity index is 1.91. The number of rotatable bonds is 5. The van der Waals surface area contributed by atoms with Crippen molar-refractivity contribution in [2.24, 2.45) is 0 Å². The number of aryl methyl sites for hydroxylation is 1. The summed E-state index contributed by atoms with van der Waals surface area (Å²) in [7, 11) is 3.88. The number of carbonyl (C=O) groups excluding carboxylic acids is 1. The van der Waals surface area contributed by atoms with Crippen molar-refractivity contribution < 1.29 is 9.90 Å². The Morgan fingerprint density at radius 1 is 1.42 bits per heavy atom. The van der Waals surface area contributed by atoms with E-state index >= 15 is 0 Å². The van der Waals surface area contributed by atoms with Crippen molar-refractivity contribution in [2.45, 2.75) is 24.9 Å². The Hall–Kier alpha value is -1.39. The predicted molar refractivity (Wildman–Crippen MR) is 74.8 cm³/mol. The highest BCUT2D eigenvalue weighted by molar-refractivity contribution is 5.76. The van der Waals surface area contributed by atoms with Gasteiger partial charge < -0.3 is 15.3 Å². The molecule has 1 aromatic rings. The molecule has 1 atom stereocenters. The van der Waals surface area contributed by atoms with E-state index in [4.69, 9.17) is 0 Å². The van der Waals surface area contributed by atoms with E-state index in [2.05, 4.69) is 5.32 Å². The lowest BCUT2D eigenvalue weighted by Gasteiger charge is -2.24. The molecule has 0 radical (unpaired) electrons.